The summed E-state index contributed by atoms with van der Waals surface area (Å²) in [5, 5.41) is -3.10. The number of carbonyl (C=O) groups is 3. The van der Waals surface area contributed by atoms with Gasteiger partial charge in [0, 0.05) is 5.56 Å². The molecule has 0 unspecified atom stereocenters. The molecule has 0 amide bonds. The molecule has 1 fully saturated rings. The molecule has 0 aliphatic heterocycles. The molecule has 0 saturated heterocycles. The Bertz CT molecular complexity index is 1360. The minimum atomic E-state index is -6.31. The number of ether oxygens (including phenoxy) is 3. The van der Waals surface area contributed by atoms with Crippen LogP contribution in [0.3, 0.4) is 0 Å². The van der Waals surface area contributed by atoms with Crippen molar-refractivity contribution in [3.05, 3.63) is 35.9 Å². The van der Waals surface area contributed by atoms with E-state index in [1.54, 1.807) is 20.8 Å². The van der Waals surface area contributed by atoms with Crippen molar-refractivity contribution in [2.45, 2.75) is 117 Å². The quantitative estimate of drug-likeness (QED) is 0.0480. The molecule has 1 aromatic carbocycles. The zero-order valence-corrected chi connectivity index (χ0v) is 29.2. The second-order valence-electron chi connectivity index (χ2n) is 12.6. The van der Waals surface area contributed by atoms with E-state index in [2.05, 4.69) is 21.1 Å². The third-order valence-corrected chi connectivity index (χ3v) is 9.30. The molecule has 1 aliphatic rings. The van der Waals surface area contributed by atoms with Gasteiger partial charge in [-0.2, -0.15) is 30.4 Å². The number of halogens is 5. The van der Waals surface area contributed by atoms with E-state index in [0.717, 1.165) is 49.9 Å². The summed E-state index contributed by atoms with van der Waals surface area (Å²) in [6.45, 7) is 11.3. The SMILES string of the molecule is CCC(C)(C)C(=O)OCCOC(=O)C(F)(F)S(=O)(=O)O/N=C(\c1ccccc1)C(F)(F)F.CCC1(OC(=O)C(C)(C)CC)CCCCC1. The Balaban J connectivity index is 0.000000600. The molecule has 0 aromatic heterocycles. The minimum absolute atomic E-state index is 0.0150. The fraction of sp³-hybridized carbons (Fsp3) is 0.688. The first-order valence-electron chi connectivity index (χ1n) is 15.6. The zero-order valence-electron chi connectivity index (χ0n) is 28.4. The van der Waals surface area contributed by atoms with Gasteiger partial charge >= 0.3 is 39.5 Å². The van der Waals surface area contributed by atoms with Crippen LogP contribution in [0.25, 0.3) is 0 Å². The molecule has 0 atom stereocenters. The highest BCUT2D eigenvalue weighted by Gasteiger charge is 2.57. The summed E-state index contributed by atoms with van der Waals surface area (Å²) < 4.78 is 108. The first-order chi connectivity index (χ1) is 22.0. The lowest BCUT2D eigenvalue weighted by Gasteiger charge is -2.38. The van der Waals surface area contributed by atoms with Gasteiger partial charge in [0.15, 0.2) is 5.71 Å². The van der Waals surface area contributed by atoms with Crippen molar-refractivity contribution in [3.8, 4) is 0 Å². The number of esters is 3. The lowest BCUT2D eigenvalue weighted by Crippen LogP contribution is -2.40. The van der Waals surface area contributed by atoms with Crippen LogP contribution in [0.2, 0.25) is 0 Å². The predicted molar refractivity (Wildman–Crippen MR) is 166 cm³/mol. The zero-order chi connectivity index (χ0) is 37.0. The van der Waals surface area contributed by atoms with Crippen LogP contribution < -0.4 is 0 Å². The Labute approximate surface area is 278 Å². The third-order valence-electron chi connectivity index (χ3n) is 8.23. The summed E-state index contributed by atoms with van der Waals surface area (Å²) in [7, 11) is -6.31. The lowest BCUT2D eigenvalue weighted by atomic mass is 9.82. The number of nitrogens with zero attached hydrogens (tertiary/aromatic N) is 1. The number of alkyl halides is 5. The van der Waals surface area contributed by atoms with Crippen LogP contribution in [0.15, 0.2) is 35.5 Å². The molecule has 0 heterocycles. The maximum absolute atomic E-state index is 13.9. The van der Waals surface area contributed by atoms with Crippen molar-refractivity contribution in [2.75, 3.05) is 13.2 Å². The lowest BCUT2D eigenvalue weighted by molar-refractivity contribution is -0.175. The van der Waals surface area contributed by atoms with Crippen molar-refractivity contribution < 1.29 is 63.2 Å². The van der Waals surface area contributed by atoms with E-state index in [9.17, 15) is 44.8 Å². The van der Waals surface area contributed by atoms with Crippen molar-refractivity contribution in [1.82, 2.24) is 0 Å². The molecule has 0 radical (unpaired) electrons. The number of hydrogen-bond acceptors (Lipinski definition) is 10. The van der Waals surface area contributed by atoms with Crippen molar-refractivity contribution in [2.24, 2.45) is 16.0 Å². The summed E-state index contributed by atoms with van der Waals surface area (Å²) in [6.07, 6.45) is 2.72. The predicted octanol–water partition coefficient (Wildman–Crippen LogP) is 7.49. The summed E-state index contributed by atoms with van der Waals surface area (Å²) in [4.78, 5) is 35.3. The van der Waals surface area contributed by atoms with Gasteiger partial charge in [-0.1, -0.05) is 62.7 Å². The van der Waals surface area contributed by atoms with Crippen LogP contribution in [-0.4, -0.2) is 62.3 Å². The van der Waals surface area contributed by atoms with E-state index in [-0.39, 0.29) is 17.0 Å². The van der Waals surface area contributed by atoms with Gasteiger partial charge in [-0.3, -0.25) is 13.9 Å². The van der Waals surface area contributed by atoms with Gasteiger partial charge in [0.2, 0.25) is 0 Å². The largest absolute Gasteiger partial charge is 0.478 e. The number of hydrogen-bond donors (Lipinski definition) is 0. The van der Waals surface area contributed by atoms with Gasteiger partial charge in [0.1, 0.15) is 18.8 Å². The maximum Gasteiger partial charge on any atom is 0.478 e. The highest BCUT2D eigenvalue weighted by molar-refractivity contribution is 7.88. The van der Waals surface area contributed by atoms with E-state index in [1.807, 2.05) is 20.8 Å². The highest BCUT2D eigenvalue weighted by atomic mass is 32.2. The second kappa shape index (κ2) is 17.4. The minimum Gasteiger partial charge on any atom is -0.462 e. The van der Waals surface area contributed by atoms with Gasteiger partial charge in [0.25, 0.3) is 0 Å². The molecule has 2 rings (SSSR count). The van der Waals surface area contributed by atoms with E-state index in [4.69, 9.17) is 9.47 Å². The molecule has 1 aromatic rings. The molecule has 274 valence electrons. The van der Waals surface area contributed by atoms with Gasteiger partial charge < -0.3 is 14.2 Å². The van der Waals surface area contributed by atoms with Crippen molar-refractivity contribution in [1.29, 1.82) is 0 Å². The first-order valence-corrected chi connectivity index (χ1v) is 17.0. The molecule has 0 spiro atoms. The summed E-state index contributed by atoms with van der Waals surface area (Å²) in [5.41, 5.74) is -3.96. The van der Waals surface area contributed by atoms with Gasteiger partial charge in [0.05, 0.1) is 10.8 Å². The molecule has 0 N–H and O–H groups in total. The molecule has 1 aliphatic carbocycles. The van der Waals surface area contributed by atoms with Crippen molar-refractivity contribution >= 4 is 33.7 Å². The smallest absolute Gasteiger partial charge is 0.462 e. The molecular weight excluding hydrogens is 669 g/mol. The van der Waals surface area contributed by atoms with Crippen LogP contribution in [-0.2, 0) is 43.0 Å². The normalized spacial score (nSPS) is 15.8. The van der Waals surface area contributed by atoms with E-state index >= 15 is 0 Å². The van der Waals surface area contributed by atoms with E-state index < -0.39 is 63.4 Å². The van der Waals surface area contributed by atoms with Gasteiger partial charge in [-0.25, -0.2) is 4.79 Å². The number of oxime groups is 1. The average Bonchev–Trinajstić information content (AvgIpc) is 3.03. The molecule has 10 nitrogen and oxygen atoms in total. The molecule has 0 bridgehead atoms. The molecule has 48 heavy (non-hydrogen) atoms. The number of carbonyl (C=O) groups excluding carboxylic acids is 3. The second-order valence-corrected chi connectivity index (χ2v) is 14.2. The Morgan fingerprint density at radius 3 is 1.71 bits per heavy atom. The number of benzene rings is 1. The summed E-state index contributed by atoms with van der Waals surface area (Å²) >= 11 is 0. The van der Waals surface area contributed by atoms with E-state index in [0.29, 0.717) is 6.42 Å². The highest BCUT2D eigenvalue weighted by Crippen LogP contribution is 2.37. The molecule has 16 heteroatoms. The Kier molecular flexibility index (Phi) is 15.5. The van der Waals surface area contributed by atoms with Crippen LogP contribution in [0.5, 0.6) is 0 Å². The fourth-order valence-electron chi connectivity index (χ4n) is 3.99. The standard InChI is InChI=1S/C18H20F5NO7S.C14H26O2/c1-4-16(2,3)14(25)29-10-11-30-15(26)18(22,23)32(27,28)31-24-13(17(19,20)21)12-8-6-5-7-9-12;1-5-13(3,4)12(15)16-14(6-2)10-8-7-9-11-14/h5-9H,4,10-11H2,1-3H3;5-11H2,1-4H3/b24-13+;. The Hall–Kier alpha value is -3.30. The van der Waals surface area contributed by atoms with Crippen LogP contribution >= 0.6 is 0 Å². The molecular formula is C32H46F5NO9S. The first kappa shape index (κ1) is 42.7. The third kappa shape index (κ3) is 12.0. The van der Waals surface area contributed by atoms with E-state index in [1.165, 1.54) is 25.3 Å². The fourth-order valence-corrected chi connectivity index (χ4v) is 4.52. The van der Waals surface area contributed by atoms with Crippen LogP contribution in [0, 0.1) is 10.8 Å². The summed E-state index contributed by atoms with van der Waals surface area (Å²) in [5.74, 6) is -3.38. The Morgan fingerprint density at radius 2 is 1.25 bits per heavy atom. The number of rotatable bonds is 14. The topological polar surface area (TPSA) is 135 Å². The van der Waals surface area contributed by atoms with Crippen LogP contribution in [0.4, 0.5) is 22.0 Å². The molecule has 1 saturated carbocycles. The van der Waals surface area contributed by atoms with Gasteiger partial charge in [-0.15, -0.1) is 0 Å². The summed E-state index contributed by atoms with van der Waals surface area (Å²) in [6, 6.07) is 5.43. The van der Waals surface area contributed by atoms with Crippen LogP contribution in [0.1, 0.15) is 105 Å². The maximum atomic E-state index is 13.9. The van der Waals surface area contributed by atoms with Gasteiger partial charge in [-0.05, 0) is 72.6 Å². The Morgan fingerprint density at radius 1 is 0.771 bits per heavy atom. The van der Waals surface area contributed by atoms with Crippen molar-refractivity contribution in [3.63, 3.8) is 0 Å². The average molecular weight is 716 g/mol. The monoisotopic (exact) mass is 715 g/mol.